The van der Waals surface area contributed by atoms with Crippen molar-refractivity contribution in [1.82, 2.24) is 9.62 Å². The molecule has 7 nitrogen and oxygen atoms in total. The minimum Gasteiger partial charge on any atom is -0.497 e. The number of rotatable bonds is 8. The summed E-state index contributed by atoms with van der Waals surface area (Å²) in [5.41, 5.74) is 0.513. The van der Waals surface area contributed by atoms with Crippen LogP contribution < -0.4 is 14.8 Å². The smallest absolute Gasteiger partial charge is 0.258 e. The van der Waals surface area contributed by atoms with Crippen molar-refractivity contribution in [2.45, 2.75) is 11.4 Å². The van der Waals surface area contributed by atoms with Gasteiger partial charge in [-0.05, 0) is 35.9 Å². The van der Waals surface area contributed by atoms with E-state index in [9.17, 15) is 13.2 Å². The van der Waals surface area contributed by atoms with Gasteiger partial charge in [0.1, 0.15) is 11.5 Å². The van der Waals surface area contributed by atoms with E-state index in [1.54, 1.807) is 49.6 Å². The van der Waals surface area contributed by atoms with Crippen LogP contribution in [0.4, 0.5) is 0 Å². The zero-order valence-electron chi connectivity index (χ0n) is 14.9. The number of amides is 1. The van der Waals surface area contributed by atoms with Gasteiger partial charge in [0.25, 0.3) is 5.91 Å². The zero-order valence-corrected chi connectivity index (χ0v) is 15.7. The SMILES string of the molecule is COc1ccc(OCC(=O)NCc2ccccc2S(=O)(=O)N(C)C)cc1. The third kappa shape index (κ3) is 4.96. The number of nitrogens with one attached hydrogen (secondary N) is 1. The molecule has 2 rings (SSSR count). The zero-order chi connectivity index (χ0) is 19.2. The van der Waals surface area contributed by atoms with E-state index in [4.69, 9.17) is 9.47 Å². The van der Waals surface area contributed by atoms with Crippen LogP contribution in [-0.2, 0) is 21.4 Å². The van der Waals surface area contributed by atoms with Crippen LogP contribution >= 0.6 is 0 Å². The van der Waals surface area contributed by atoms with Crippen LogP contribution in [0.25, 0.3) is 0 Å². The van der Waals surface area contributed by atoms with Crippen molar-refractivity contribution in [3.8, 4) is 11.5 Å². The summed E-state index contributed by atoms with van der Waals surface area (Å²) in [6.07, 6.45) is 0. The molecular weight excluding hydrogens is 356 g/mol. The minimum atomic E-state index is -3.58. The van der Waals surface area contributed by atoms with E-state index in [0.29, 0.717) is 17.1 Å². The van der Waals surface area contributed by atoms with Crippen LogP contribution in [0, 0.1) is 0 Å². The average molecular weight is 378 g/mol. The predicted octanol–water partition coefficient (Wildman–Crippen LogP) is 1.64. The second kappa shape index (κ2) is 8.68. The fourth-order valence-electron chi connectivity index (χ4n) is 2.16. The monoisotopic (exact) mass is 378 g/mol. The highest BCUT2D eigenvalue weighted by molar-refractivity contribution is 7.89. The molecule has 0 spiro atoms. The number of hydrogen-bond acceptors (Lipinski definition) is 5. The summed E-state index contributed by atoms with van der Waals surface area (Å²) in [6.45, 7) is -0.0804. The van der Waals surface area contributed by atoms with Gasteiger partial charge in [0, 0.05) is 20.6 Å². The van der Waals surface area contributed by atoms with Gasteiger partial charge in [0.05, 0.1) is 12.0 Å². The Kier molecular flexibility index (Phi) is 6.59. The molecule has 2 aromatic carbocycles. The van der Waals surface area contributed by atoms with Gasteiger partial charge in [0.15, 0.2) is 6.61 Å². The number of methoxy groups -OCH3 is 1. The Morgan fingerprint density at radius 1 is 1.04 bits per heavy atom. The fraction of sp³-hybridized carbons (Fsp3) is 0.278. The molecule has 0 saturated carbocycles. The molecule has 0 bridgehead atoms. The molecule has 0 aromatic heterocycles. The van der Waals surface area contributed by atoms with E-state index >= 15 is 0 Å². The molecule has 8 heteroatoms. The lowest BCUT2D eigenvalue weighted by molar-refractivity contribution is -0.123. The Hall–Kier alpha value is -2.58. The van der Waals surface area contributed by atoms with Crippen molar-refractivity contribution in [2.75, 3.05) is 27.8 Å². The number of ether oxygens (including phenoxy) is 2. The number of benzene rings is 2. The summed E-state index contributed by atoms with van der Waals surface area (Å²) in [4.78, 5) is 12.2. The van der Waals surface area contributed by atoms with E-state index in [-0.39, 0.29) is 24.0 Å². The Balaban J connectivity index is 1.95. The standard InChI is InChI=1S/C18H22N2O5S/c1-20(2)26(22,23)17-7-5-4-6-14(17)12-19-18(21)13-25-16-10-8-15(24-3)9-11-16/h4-11H,12-13H2,1-3H3,(H,19,21). The van der Waals surface area contributed by atoms with Crippen molar-refractivity contribution in [3.05, 3.63) is 54.1 Å². The number of hydrogen-bond donors (Lipinski definition) is 1. The largest absolute Gasteiger partial charge is 0.497 e. The van der Waals surface area contributed by atoms with Crippen molar-refractivity contribution < 1.29 is 22.7 Å². The first-order valence-electron chi connectivity index (χ1n) is 7.88. The first-order chi connectivity index (χ1) is 12.3. The molecule has 0 aliphatic heterocycles. The quantitative estimate of drug-likeness (QED) is 0.755. The van der Waals surface area contributed by atoms with Crippen LogP contribution in [0.2, 0.25) is 0 Å². The molecule has 1 amide bonds. The first-order valence-corrected chi connectivity index (χ1v) is 9.32. The molecular formula is C18H22N2O5S. The summed E-state index contributed by atoms with van der Waals surface area (Å²) in [5, 5.41) is 2.67. The third-order valence-corrected chi connectivity index (χ3v) is 5.55. The normalized spacial score (nSPS) is 11.2. The van der Waals surface area contributed by atoms with Gasteiger partial charge < -0.3 is 14.8 Å². The molecule has 26 heavy (non-hydrogen) atoms. The second-order valence-electron chi connectivity index (χ2n) is 5.64. The number of nitrogens with zero attached hydrogens (tertiary/aromatic N) is 1. The van der Waals surface area contributed by atoms with Crippen LogP contribution in [0.5, 0.6) is 11.5 Å². The predicted molar refractivity (Wildman–Crippen MR) is 97.7 cm³/mol. The number of carbonyl (C=O) groups excluding carboxylic acids is 1. The van der Waals surface area contributed by atoms with Crippen LogP contribution in [0.1, 0.15) is 5.56 Å². The van der Waals surface area contributed by atoms with Crippen LogP contribution in [0.3, 0.4) is 0 Å². The average Bonchev–Trinajstić information content (AvgIpc) is 2.65. The Morgan fingerprint density at radius 3 is 2.27 bits per heavy atom. The van der Waals surface area contributed by atoms with Gasteiger partial charge in [-0.15, -0.1) is 0 Å². The highest BCUT2D eigenvalue weighted by atomic mass is 32.2. The molecule has 0 fully saturated rings. The van der Waals surface area contributed by atoms with E-state index in [1.807, 2.05) is 0 Å². The lowest BCUT2D eigenvalue weighted by Crippen LogP contribution is -2.30. The Labute approximate surface area is 153 Å². The Morgan fingerprint density at radius 2 is 1.65 bits per heavy atom. The highest BCUT2D eigenvalue weighted by Crippen LogP contribution is 2.19. The number of sulfonamides is 1. The van der Waals surface area contributed by atoms with E-state index in [1.165, 1.54) is 20.2 Å². The summed E-state index contributed by atoms with van der Waals surface area (Å²) < 4.78 is 36.3. The molecule has 140 valence electrons. The first kappa shape index (κ1) is 19.7. The molecule has 1 N–H and O–H groups in total. The van der Waals surface area contributed by atoms with Gasteiger partial charge in [-0.3, -0.25) is 4.79 Å². The summed E-state index contributed by atoms with van der Waals surface area (Å²) >= 11 is 0. The highest BCUT2D eigenvalue weighted by Gasteiger charge is 2.20. The minimum absolute atomic E-state index is 0.0913. The van der Waals surface area contributed by atoms with Gasteiger partial charge in [-0.25, -0.2) is 12.7 Å². The molecule has 0 aliphatic rings. The molecule has 0 atom stereocenters. The Bertz CT molecular complexity index is 848. The maximum absolute atomic E-state index is 12.3. The molecule has 0 saturated heterocycles. The van der Waals surface area contributed by atoms with Crippen molar-refractivity contribution in [3.63, 3.8) is 0 Å². The van der Waals surface area contributed by atoms with Crippen molar-refractivity contribution >= 4 is 15.9 Å². The maximum atomic E-state index is 12.3. The van der Waals surface area contributed by atoms with E-state index < -0.39 is 10.0 Å². The van der Waals surface area contributed by atoms with Gasteiger partial charge in [0.2, 0.25) is 10.0 Å². The van der Waals surface area contributed by atoms with Gasteiger partial charge in [-0.2, -0.15) is 0 Å². The molecule has 0 radical (unpaired) electrons. The summed E-state index contributed by atoms with van der Waals surface area (Å²) in [5.74, 6) is 0.884. The summed E-state index contributed by atoms with van der Waals surface area (Å²) in [6, 6.07) is 13.4. The second-order valence-corrected chi connectivity index (χ2v) is 7.76. The van der Waals surface area contributed by atoms with E-state index in [2.05, 4.69) is 5.32 Å². The number of carbonyl (C=O) groups is 1. The van der Waals surface area contributed by atoms with Gasteiger partial charge >= 0.3 is 0 Å². The van der Waals surface area contributed by atoms with E-state index in [0.717, 1.165) is 4.31 Å². The molecule has 0 heterocycles. The third-order valence-electron chi connectivity index (χ3n) is 3.64. The topological polar surface area (TPSA) is 84.9 Å². The van der Waals surface area contributed by atoms with Gasteiger partial charge in [-0.1, -0.05) is 18.2 Å². The van der Waals surface area contributed by atoms with Crippen LogP contribution in [0.15, 0.2) is 53.4 Å². The fourth-order valence-corrected chi connectivity index (χ4v) is 3.28. The maximum Gasteiger partial charge on any atom is 0.258 e. The molecule has 2 aromatic rings. The lowest BCUT2D eigenvalue weighted by atomic mass is 10.2. The van der Waals surface area contributed by atoms with Crippen LogP contribution in [-0.4, -0.2) is 46.4 Å². The molecule has 0 aliphatic carbocycles. The molecule has 0 unspecified atom stereocenters. The summed E-state index contributed by atoms with van der Waals surface area (Å²) in [7, 11) is 0.920. The lowest BCUT2D eigenvalue weighted by Gasteiger charge is -2.15. The van der Waals surface area contributed by atoms with Crippen molar-refractivity contribution in [1.29, 1.82) is 0 Å². The van der Waals surface area contributed by atoms with Crippen molar-refractivity contribution in [2.24, 2.45) is 0 Å².